The van der Waals surface area contributed by atoms with Crippen LogP contribution in [0.1, 0.15) is 17.0 Å². The van der Waals surface area contributed by atoms with E-state index in [-0.39, 0.29) is 5.78 Å². The number of allylic oxidation sites excluding steroid dienone is 4. The van der Waals surface area contributed by atoms with Crippen LogP contribution < -0.4 is 0 Å². The topological polar surface area (TPSA) is 17.1 Å². The fraction of sp³-hybridized carbons (Fsp3) is 0.214. The van der Waals surface area contributed by atoms with Crippen LogP contribution in [0.3, 0.4) is 0 Å². The molecule has 0 aliphatic heterocycles. The molecule has 0 spiro atoms. The molecule has 1 heteroatoms. The highest BCUT2D eigenvalue weighted by Gasteiger charge is 2.30. The first-order valence-corrected chi connectivity index (χ1v) is 5.33. The average Bonchev–Trinajstić information content (AvgIpc) is 2.23. The number of carbonyl (C=O) groups is 1. The maximum absolute atomic E-state index is 11.0. The maximum atomic E-state index is 11.0. The first-order chi connectivity index (χ1) is 7.34. The van der Waals surface area contributed by atoms with Crippen LogP contribution in [-0.2, 0) is 11.2 Å². The van der Waals surface area contributed by atoms with E-state index in [1.165, 1.54) is 11.1 Å². The molecule has 0 heterocycles. The van der Waals surface area contributed by atoms with Crippen LogP contribution in [0.2, 0.25) is 0 Å². The monoisotopic (exact) mass is 196 g/mol. The van der Waals surface area contributed by atoms with Crippen LogP contribution in [-0.4, -0.2) is 5.78 Å². The Balaban J connectivity index is 1.86. The van der Waals surface area contributed by atoms with Crippen molar-refractivity contribution in [3.05, 3.63) is 59.7 Å². The lowest BCUT2D eigenvalue weighted by atomic mass is 9.70. The molecule has 74 valence electrons. The molecule has 1 aromatic carbocycles. The second-order valence-electron chi connectivity index (χ2n) is 4.21. The summed E-state index contributed by atoms with van der Waals surface area (Å²) < 4.78 is 0. The summed E-state index contributed by atoms with van der Waals surface area (Å²) in [6.07, 6.45) is 8.58. The van der Waals surface area contributed by atoms with Crippen LogP contribution >= 0.6 is 0 Å². The van der Waals surface area contributed by atoms with Crippen LogP contribution in [0.5, 0.6) is 0 Å². The first-order valence-electron chi connectivity index (χ1n) is 5.33. The van der Waals surface area contributed by atoms with Crippen molar-refractivity contribution in [2.75, 3.05) is 0 Å². The number of hydrogen-bond donors (Lipinski definition) is 0. The molecule has 2 aliphatic rings. The van der Waals surface area contributed by atoms with Gasteiger partial charge in [-0.05, 0) is 35.6 Å². The lowest BCUT2D eigenvalue weighted by Gasteiger charge is -2.34. The summed E-state index contributed by atoms with van der Waals surface area (Å²) in [4.78, 5) is 11.0. The SMILES string of the molecule is O=C1C=CC(C2Cc3ccccc32)C=C1. The molecule has 0 bridgehead atoms. The minimum absolute atomic E-state index is 0.110. The Morgan fingerprint density at radius 2 is 1.80 bits per heavy atom. The third-order valence-electron chi connectivity index (χ3n) is 3.32. The molecule has 1 unspecified atom stereocenters. The average molecular weight is 196 g/mol. The molecule has 15 heavy (non-hydrogen) atoms. The van der Waals surface area contributed by atoms with Crippen molar-refractivity contribution in [1.82, 2.24) is 0 Å². The molecule has 0 amide bonds. The molecule has 0 saturated carbocycles. The smallest absolute Gasteiger partial charge is 0.178 e. The third kappa shape index (κ3) is 1.35. The number of benzene rings is 1. The zero-order valence-corrected chi connectivity index (χ0v) is 8.39. The maximum Gasteiger partial charge on any atom is 0.178 e. The van der Waals surface area contributed by atoms with Gasteiger partial charge < -0.3 is 0 Å². The molecule has 0 N–H and O–H groups in total. The Morgan fingerprint density at radius 3 is 2.53 bits per heavy atom. The van der Waals surface area contributed by atoms with E-state index in [1.807, 2.05) is 12.2 Å². The van der Waals surface area contributed by atoms with Gasteiger partial charge in [0.05, 0.1) is 0 Å². The lowest BCUT2D eigenvalue weighted by molar-refractivity contribution is -0.110. The van der Waals surface area contributed by atoms with E-state index in [0.29, 0.717) is 11.8 Å². The summed E-state index contributed by atoms with van der Waals surface area (Å²) in [6, 6.07) is 8.56. The minimum atomic E-state index is 0.110. The van der Waals surface area contributed by atoms with E-state index in [4.69, 9.17) is 0 Å². The molecule has 0 fully saturated rings. The Labute approximate surface area is 89.1 Å². The predicted molar refractivity (Wildman–Crippen MR) is 59.7 cm³/mol. The van der Waals surface area contributed by atoms with Gasteiger partial charge in [0.15, 0.2) is 5.78 Å². The quantitative estimate of drug-likeness (QED) is 0.674. The van der Waals surface area contributed by atoms with Crippen molar-refractivity contribution in [1.29, 1.82) is 0 Å². The van der Waals surface area contributed by atoms with E-state index < -0.39 is 0 Å². The standard InChI is InChI=1S/C14H12O/c15-12-7-5-10(6-8-12)14-9-11-3-1-2-4-13(11)14/h1-8,10,14H,9H2. The summed E-state index contributed by atoms with van der Waals surface area (Å²) in [5.74, 6) is 1.11. The Bertz CT molecular complexity index is 452. The number of fused-ring (bicyclic) bond motifs is 1. The molecule has 0 radical (unpaired) electrons. The summed E-state index contributed by atoms with van der Waals surface area (Å²) >= 11 is 0. The summed E-state index contributed by atoms with van der Waals surface area (Å²) in [5.41, 5.74) is 2.91. The van der Waals surface area contributed by atoms with Crippen LogP contribution in [0.15, 0.2) is 48.6 Å². The molecular weight excluding hydrogens is 184 g/mol. The molecule has 1 atom stereocenters. The fourth-order valence-corrected chi connectivity index (χ4v) is 2.44. The highest BCUT2D eigenvalue weighted by molar-refractivity contribution is 6.00. The molecule has 3 rings (SSSR count). The third-order valence-corrected chi connectivity index (χ3v) is 3.32. The van der Waals surface area contributed by atoms with Crippen molar-refractivity contribution in [2.24, 2.45) is 5.92 Å². The van der Waals surface area contributed by atoms with Gasteiger partial charge in [-0.25, -0.2) is 0 Å². The zero-order chi connectivity index (χ0) is 10.3. The highest BCUT2D eigenvalue weighted by atomic mass is 16.1. The predicted octanol–water partition coefficient (Wildman–Crippen LogP) is 2.64. The van der Waals surface area contributed by atoms with Gasteiger partial charge in [-0.2, -0.15) is 0 Å². The molecular formula is C14H12O. The van der Waals surface area contributed by atoms with Gasteiger partial charge in [-0.1, -0.05) is 36.4 Å². The molecule has 0 saturated heterocycles. The molecule has 1 nitrogen and oxygen atoms in total. The van der Waals surface area contributed by atoms with Crippen molar-refractivity contribution in [2.45, 2.75) is 12.3 Å². The number of carbonyl (C=O) groups excluding carboxylic acids is 1. The van der Waals surface area contributed by atoms with E-state index in [9.17, 15) is 4.79 Å². The lowest BCUT2D eigenvalue weighted by Crippen LogP contribution is -2.23. The molecule has 1 aromatic rings. The van der Waals surface area contributed by atoms with Gasteiger partial charge >= 0.3 is 0 Å². The van der Waals surface area contributed by atoms with E-state index in [2.05, 4.69) is 24.3 Å². The van der Waals surface area contributed by atoms with Gasteiger partial charge in [0.1, 0.15) is 0 Å². The van der Waals surface area contributed by atoms with Gasteiger partial charge in [-0.3, -0.25) is 4.79 Å². The normalized spacial score (nSPS) is 23.7. The van der Waals surface area contributed by atoms with Crippen molar-refractivity contribution in [3.63, 3.8) is 0 Å². The zero-order valence-electron chi connectivity index (χ0n) is 8.39. The number of rotatable bonds is 1. The summed E-state index contributed by atoms with van der Waals surface area (Å²) in [6.45, 7) is 0. The highest BCUT2D eigenvalue weighted by Crippen LogP contribution is 2.41. The van der Waals surface area contributed by atoms with Crippen LogP contribution in [0.4, 0.5) is 0 Å². The number of hydrogen-bond acceptors (Lipinski definition) is 1. The van der Waals surface area contributed by atoms with E-state index in [1.54, 1.807) is 12.2 Å². The largest absolute Gasteiger partial charge is 0.290 e. The summed E-state index contributed by atoms with van der Waals surface area (Å²) in [7, 11) is 0. The van der Waals surface area contributed by atoms with Crippen molar-refractivity contribution < 1.29 is 4.79 Å². The Kier molecular flexibility index (Phi) is 1.84. The second-order valence-corrected chi connectivity index (χ2v) is 4.21. The second kappa shape index (κ2) is 3.20. The fourth-order valence-electron chi connectivity index (χ4n) is 2.44. The van der Waals surface area contributed by atoms with Crippen molar-refractivity contribution in [3.8, 4) is 0 Å². The Hall–Kier alpha value is -1.63. The molecule has 0 aromatic heterocycles. The number of ketones is 1. The Morgan fingerprint density at radius 1 is 1.07 bits per heavy atom. The summed E-state index contributed by atoms with van der Waals surface area (Å²) in [5, 5.41) is 0. The van der Waals surface area contributed by atoms with Gasteiger partial charge in [0, 0.05) is 5.92 Å². The van der Waals surface area contributed by atoms with Gasteiger partial charge in [0.2, 0.25) is 0 Å². The van der Waals surface area contributed by atoms with E-state index in [0.717, 1.165) is 6.42 Å². The minimum Gasteiger partial charge on any atom is -0.290 e. The van der Waals surface area contributed by atoms with Gasteiger partial charge in [0.25, 0.3) is 0 Å². The van der Waals surface area contributed by atoms with Crippen molar-refractivity contribution >= 4 is 5.78 Å². The van der Waals surface area contributed by atoms with Crippen LogP contribution in [0.25, 0.3) is 0 Å². The van der Waals surface area contributed by atoms with Gasteiger partial charge in [-0.15, -0.1) is 0 Å². The first kappa shape index (κ1) is 8.66. The van der Waals surface area contributed by atoms with E-state index >= 15 is 0 Å². The van der Waals surface area contributed by atoms with Crippen LogP contribution in [0, 0.1) is 5.92 Å². The molecule has 2 aliphatic carbocycles.